The summed E-state index contributed by atoms with van der Waals surface area (Å²) in [5.74, 6) is 0.779. The molecule has 1 N–H and O–H groups in total. The van der Waals surface area contributed by atoms with Gasteiger partial charge in [-0.15, -0.1) is 0 Å². The lowest BCUT2D eigenvalue weighted by Crippen LogP contribution is -2.16. The molecule has 0 fully saturated rings. The fraction of sp³-hybridized carbons (Fsp3) is 0.250. The minimum Gasteiger partial charge on any atom is -0.497 e. The Morgan fingerprint density at radius 3 is 2.14 bits per heavy atom. The third-order valence-electron chi connectivity index (χ3n) is 4.90. The van der Waals surface area contributed by atoms with E-state index in [2.05, 4.69) is 5.32 Å². The molecule has 0 bridgehead atoms. The Morgan fingerprint density at radius 2 is 1.55 bits per heavy atom. The van der Waals surface area contributed by atoms with Crippen LogP contribution >= 0.6 is 0 Å². The van der Waals surface area contributed by atoms with E-state index in [-0.39, 0.29) is 6.42 Å². The molecular formula is C24H24F3NO. The summed E-state index contributed by atoms with van der Waals surface area (Å²) in [7, 11) is 1.62. The van der Waals surface area contributed by atoms with Crippen LogP contribution in [0.3, 0.4) is 0 Å². The van der Waals surface area contributed by atoms with E-state index in [9.17, 15) is 13.2 Å². The molecule has 0 saturated heterocycles. The van der Waals surface area contributed by atoms with E-state index in [4.69, 9.17) is 4.74 Å². The molecule has 0 heterocycles. The number of aryl methyl sites for hydroxylation is 1. The van der Waals surface area contributed by atoms with Gasteiger partial charge in [-0.3, -0.25) is 0 Å². The predicted molar refractivity (Wildman–Crippen MR) is 111 cm³/mol. The van der Waals surface area contributed by atoms with Gasteiger partial charge in [0, 0.05) is 12.1 Å². The van der Waals surface area contributed by atoms with Crippen molar-refractivity contribution in [3.05, 3.63) is 83.9 Å². The number of nitrogens with one attached hydrogen (secondary N) is 1. The molecule has 1 unspecified atom stereocenters. The Morgan fingerprint density at radius 1 is 0.897 bits per heavy atom. The third-order valence-corrected chi connectivity index (χ3v) is 4.90. The fourth-order valence-corrected chi connectivity index (χ4v) is 3.38. The maximum Gasteiger partial charge on any atom is 0.389 e. The zero-order chi connectivity index (χ0) is 20.9. The lowest BCUT2D eigenvalue weighted by molar-refractivity contribution is -0.136. The van der Waals surface area contributed by atoms with Gasteiger partial charge in [0.05, 0.1) is 13.2 Å². The van der Waals surface area contributed by atoms with Gasteiger partial charge < -0.3 is 10.1 Å². The topological polar surface area (TPSA) is 21.3 Å². The van der Waals surface area contributed by atoms with Crippen LogP contribution < -0.4 is 10.1 Å². The van der Waals surface area contributed by atoms with Crippen LogP contribution in [0.5, 0.6) is 5.75 Å². The van der Waals surface area contributed by atoms with Gasteiger partial charge in [0.15, 0.2) is 0 Å². The number of methoxy groups -OCH3 is 1. The van der Waals surface area contributed by atoms with Gasteiger partial charge in [-0.2, -0.15) is 13.2 Å². The summed E-state index contributed by atoms with van der Waals surface area (Å²) >= 11 is 0. The van der Waals surface area contributed by atoms with E-state index in [1.54, 1.807) is 7.11 Å². The number of anilines is 1. The molecule has 0 aromatic heterocycles. The quantitative estimate of drug-likeness (QED) is 0.455. The lowest BCUT2D eigenvalue weighted by Gasteiger charge is -2.23. The highest BCUT2D eigenvalue weighted by molar-refractivity contribution is 5.66. The van der Waals surface area contributed by atoms with Crippen molar-refractivity contribution in [3.63, 3.8) is 0 Å². The van der Waals surface area contributed by atoms with Crippen molar-refractivity contribution in [1.29, 1.82) is 0 Å². The highest BCUT2D eigenvalue weighted by Crippen LogP contribution is 2.33. The average Bonchev–Trinajstić information content (AvgIpc) is 2.71. The number of hydrogen-bond acceptors (Lipinski definition) is 2. The van der Waals surface area contributed by atoms with Crippen molar-refractivity contribution in [2.75, 3.05) is 12.4 Å². The summed E-state index contributed by atoms with van der Waals surface area (Å²) in [6.45, 7) is 1.94. The van der Waals surface area contributed by atoms with Gasteiger partial charge in [0.1, 0.15) is 5.75 Å². The molecule has 0 saturated carbocycles. The highest BCUT2D eigenvalue weighted by atomic mass is 19.4. The van der Waals surface area contributed by atoms with Crippen molar-refractivity contribution in [2.45, 2.75) is 32.0 Å². The zero-order valence-corrected chi connectivity index (χ0v) is 16.5. The van der Waals surface area contributed by atoms with Crippen LogP contribution in [0.2, 0.25) is 0 Å². The second kappa shape index (κ2) is 9.03. The van der Waals surface area contributed by atoms with Crippen molar-refractivity contribution >= 4 is 5.69 Å². The number of rotatable bonds is 7. The molecule has 1 atom stereocenters. The number of alkyl halides is 3. The molecule has 3 aromatic carbocycles. The average molecular weight is 399 g/mol. The van der Waals surface area contributed by atoms with E-state index in [0.29, 0.717) is 0 Å². The first-order valence-electron chi connectivity index (χ1n) is 9.49. The molecule has 0 aliphatic rings. The second-order valence-electron chi connectivity index (χ2n) is 7.02. The summed E-state index contributed by atoms with van der Waals surface area (Å²) in [4.78, 5) is 0. The Balaban J connectivity index is 1.87. The first kappa shape index (κ1) is 20.8. The highest BCUT2D eigenvalue weighted by Gasteiger charge is 2.29. The van der Waals surface area contributed by atoms with Crippen LogP contribution in [0, 0.1) is 6.92 Å². The van der Waals surface area contributed by atoms with Crippen LogP contribution in [0.4, 0.5) is 18.9 Å². The maximum absolute atomic E-state index is 12.9. The molecular weight excluding hydrogens is 375 g/mol. The Hall–Kier alpha value is -2.95. The number of halogens is 3. The van der Waals surface area contributed by atoms with E-state index in [1.165, 1.54) is 0 Å². The van der Waals surface area contributed by atoms with Crippen molar-refractivity contribution in [3.8, 4) is 16.9 Å². The normalized spacial score (nSPS) is 12.4. The first-order valence-corrected chi connectivity index (χ1v) is 9.49. The zero-order valence-electron chi connectivity index (χ0n) is 16.5. The molecule has 3 rings (SSSR count). The van der Waals surface area contributed by atoms with E-state index in [1.807, 2.05) is 79.7 Å². The number of hydrogen-bond donors (Lipinski definition) is 1. The second-order valence-corrected chi connectivity index (χ2v) is 7.02. The maximum atomic E-state index is 12.9. The van der Waals surface area contributed by atoms with Crippen molar-refractivity contribution in [2.24, 2.45) is 0 Å². The Kier molecular flexibility index (Phi) is 6.47. The number of ether oxygens (including phenoxy) is 1. The predicted octanol–water partition coefficient (Wildman–Crippen LogP) is 7.17. The monoisotopic (exact) mass is 399 g/mol. The molecule has 0 aliphatic heterocycles. The largest absolute Gasteiger partial charge is 0.497 e. The number of benzene rings is 3. The van der Waals surface area contributed by atoms with Gasteiger partial charge in [-0.25, -0.2) is 0 Å². The molecule has 0 spiro atoms. The van der Waals surface area contributed by atoms with Crippen LogP contribution in [-0.2, 0) is 0 Å². The van der Waals surface area contributed by atoms with Gasteiger partial charge in [0.25, 0.3) is 0 Å². The fourth-order valence-electron chi connectivity index (χ4n) is 3.38. The SMILES string of the molecule is COc1ccc(-c2ccc(C(CCC(F)(F)F)Nc3ccccc3)c(C)c2)cc1. The standard InChI is InChI=1S/C24H24F3NO/c1-17-16-19(18-8-11-21(29-2)12-9-18)10-13-22(17)23(14-15-24(25,26)27)28-20-6-4-3-5-7-20/h3-13,16,23,28H,14-15H2,1-2H3. The van der Waals surface area contributed by atoms with E-state index >= 15 is 0 Å². The lowest BCUT2D eigenvalue weighted by atomic mass is 9.93. The van der Waals surface area contributed by atoms with Crippen LogP contribution in [0.15, 0.2) is 72.8 Å². The Labute approximate surface area is 169 Å². The van der Waals surface area contributed by atoms with Gasteiger partial charge >= 0.3 is 6.18 Å². The van der Waals surface area contributed by atoms with Crippen LogP contribution in [0.1, 0.15) is 30.0 Å². The molecule has 0 radical (unpaired) electrons. The van der Waals surface area contributed by atoms with Gasteiger partial charge in [-0.05, 0) is 59.9 Å². The summed E-state index contributed by atoms with van der Waals surface area (Å²) in [6.07, 6.45) is -5.05. The molecule has 152 valence electrons. The minimum atomic E-state index is -4.19. The summed E-state index contributed by atoms with van der Waals surface area (Å²) in [6, 6.07) is 22.5. The van der Waals surface area contributed by atoms with Crippen LogP contribution in [-0.4, -0.2) is 13.3 Å². The van der Waals surface area contributed by atoms with E-state index < -0.39 is 18.6 Å². The molecule has 0 aliphatic carbocycles. The summed E-state index contributed by atoms with van der Waals surface area (Å²) in [5.41, 5.74) is 4.68. The summed E-state index contributed by atoms with van der Waals surface area (Å²) in [5, 5.41) is 3.27. The summed E-state index contributed by atoms with van der Waals surface area (Å²) < 4.78 is 43.8. The molecule has 29 heavy (non-hydrogen) atoms. The first-order chi connectivity index (χ1) is 13.9. The van der Waals surface area contributed by atoms with Crippen molar-refractivity contribution in [1.82, 2.24) is 0 Å². The minimum absolute atomic E-state index is 0.0267. The van der Waals surface area contributed by atoms with Crippen molar-refractivity contribution < 1.29 is 17.9 Å². The van der Waals surface area contributed by atoms with Crippen LogP contribution in [0.25, 0.3) is 11.1 Å². The van der Waals surface area contributed by atoms with Gasteiger partial charge in [0.2, 0.25) is 0 Å². The number of para-hydroxylation sites is 1. The Bertz CT molecular complexity index is 921. The molecule has 0 amide bonds. The third kappa shape index (κ3) is 5.76. The smallest absolute Gasteiger partial charge is 0.389 e. The van der Waals surface area contributed by atoms with Gasteiger partial charge in [-0.1, -0.05) is 48.5 Å². The molecule has 2 nitrogen and oxygen atoms in total. The molecule has 5 heteroatoms. The van der Waals surface area contributed by atoms with E-state index in [0.717, 1.165) is 33.7 Å². The molecule has 3 aromatic rings.